The fraction of sp³-hybridized carbons (Fsp3) is 0. The molecule has 0 saturated heterocycles. The van der Waals surface area contributed by atoms with Crippen molar-refractivity contribution in [3.8, 4) is 16.9 Å². The molecule has 0 spiro atoms. The molecule has 1 radical (unpaired) electrons. The van der Waals surface area contributed by atoms with E-state index in [0.29, 0.717) is 0 Å². The maximum Gasteiger partial charge on any atom is 0.0493 e. The van der Waals surface area contributed by atoms with E-state index in [1.807, 2.05) is 72.2 Å². The van der Waals surface area contributed by atoms with Crippen LogP contribution < -0.4 is 0 Å². The van der Waals surface area contributed by atoms with E-state index >= 15 is 0 Å². The number of aromatic nitrogens is 3. The summed E-state index contributed by atoms with van der Waals surface area (Å²) < 4.78 is 5.97. The van der Waals surface area contributed by atoms with Crippen molar-refractivity contribution in [3.63, 3.8) is 0 Å². The first-order chi connectivity index (χ1) is 10.9. The molecule has 3 nitrogen and oxygen atoms in total. The van der Waals surface area contributed by atoms with Crippen LogP contribution in [-0.2, 0) is 20.1 Å². The molecule has 0 aliphatic rings. The average Bonchev–Trinajstić information content (AvgIpc) is 3.31. The van der Waals surface area contributed by atoms with E-state index in [9.17, 15) is 0 Å². The molecule has 0 fully saturated rings. The van der Waals surface area contributed by atoms with Gasteiger partial charge >= 0.3 is 0 Å². The third kappa shape index (κ3) is 4.96. The van der Waals surface area contributed by atoms with Gasteiger partial charge in [0.05, 0.1) is 0 Å². The van der Waals surface area contributed by atoms with E-state index in [-0.39, 0.29) is 20.1 Å². The van der Waals surface area contributed by atoms with Crippen LogP contribution in [0.15, 0.2) is 78.4 Å². The molecule has 2 heterocycles. The zero-order chi connectivity index (χ0) is 15.0. The molecule has 0 N–H and O–H groups in total. The van der Waals surface area contributed by atoms with Crippen LogP contribution in [0.2, 0.25) is 0 Å². The number of nitrogens with zero attached hydrogens (tertiary/aromatic N) is 3. The molecule has 2 aromatic heterocycles. The van der Waals surface area contributed by atoms with Crippen LogP contribution in [0.4, 0.5) is 0 Å². The minimum Gasteiger partial charge on any atom is -0.266 e. The van der Waals surface area contributed by atoms with Gasteiger partial charge in [0.2, 0.25) is 0 Å². The molecule has 2 aromatic carbocycles. The van der Waals surface area contributed by atoms with Crippen LogP contribution in [0.1, 0.15) is 0 Å². The second-order valence-corrected chi connectivity index (χ2v) is 5.02. The van der Waals surface area contributed by atoms with Gasteiger partial charge in [-0.15, -0.1) is 42.0 Å². The first-order valence-corrected chi connectivity index (χ1v) is 7.61. The fourth-order valence-corrected chi connectivity index (χ4v) is 2.37. The Morgan fingerprint density at radius 2 is 1.74 bits per heavy atom. The van der Waals surface area contributed by atoms with Gasteiger partial charge in [-0.2, -0.15) is 29.4 Å². The van der Waals surface area contributed by atoms with Gasteiger partial charge in [-0.25, -0.2) is 4.37 Å². The maximum absolute atomic E-state index is 4.20. The second kappa shape index (κ2) is 9.15. The molecule has 117 valence electrons. The molecular weight excluding hydrogens is 483 g/mol. The van der Waals surface area contributed by atoms with Crippen LogP contribution in [0.3, 0.4) is 0 Å². The van der Waals surface area contributed by atoms with Crippen molar-refractivity contribution in [2.24, 2.45) is 0 Å². The Morgan fingerprint density at radius 3 is 2.30 bits per heavy atom. The van der Waals surface area contributed by atoms with Gasteiger partial charge in [0.25, 0.3) is 0 Å². The number of rotatable bonds is 2. The minimum absolute atomic E-state index is 0. The van der Waals surface area contributed by atoms with Gasteiger partial charge in [-0.1, -0.05) is 17.6 Å². The quantitative estimate of drug-likeness (QED) is 0.389. The van der Waals surface area contributed by atoms with Crippen LogP contribution in [0.25, 0.3) is 16.9 Å². The molecule has 0 amide bonds. The zero-order valence-corrected chi connectivity index (χ0v) is 15.3. The third-order valence-corrected chi connectivity index (χ3v) is 3.43. The Balaban J connectivity index is 0.000000160. The second-order valence-electron chi connectivity index (χ2n) is 4.36. The summed E-state index contributed by atoms with van der Waals surface area (Å²) in [6.07, 6.45) is 3.65. The van der Waals surface area contributed by atoms with Crippen LogP contribution >= 0.6 is 11.5 Å². The molecule has 0 aliphatic carbocycles. The monoisotopic (exact) mass is 496 g/mol. The molecule has 23 heavy (non-hydrogen) atoms. The van der Waals surface area contributed by atoms with E-state index < -0.39 is 0 Å². The van der Waals surface area contributed by atoms with Crippen LogP contribution in [0.5, 0.6) is 0 Å². The smallest absolute Gasteiger partial charge is 0.0493 e. The van der Waals surface area contributed by atoms with Crippen molar-refractivity contribution in [3.05, 3.63) is 90.6 Å². The average molecular weight is 496 g/mol. The Hall–Kier alpha value is -2.07. The number of para-hydroxylation sites is 1. The molecule has 4 rings (SSSR count). The Kier molecular flexibility index (Phi) is 6.88. The van der Waals surface area contributed by atoms with Gasteiger partial charge in [0.1, 0.15) is 0 Å². The fourth-order valence-electron chi connectivity index (χ4n) is 1.84. The van der Waals surface area contributed by atoms with Crippen LogP contribution in [-0.4, -0.2) is 14.2 Å². The molecule has 0 atom stereocenters. The summed E-state index contributed by atoms with van der Waals surface area (Å²) in [6, 6.07) is 25.7. The standard InChI is InChI=1S/C9H7N2.C9H6NS.Ir/c1-2-5-9(6-3-1)11-8-4-7-10-11;1-2-4-8(5-3-1)9-6-7-11-10-9;/h1-5,7-8H;1-4,6-7H;/q2*-1;. The van der Waals surface area contributed by atoms with E-state index in [1.165, 1.54) is 11.5 Å². The third-order valence-electron chi connectivity index (χ3n) is 2.87. The van der Waals surface area contributed by atoms with E-state index in [2.05, 4.69) is 21.6 Å². The number of hydrogen-bond acceptors (Lipinski definition) is 3. The molecule has 0 saturated carbocycles. The van der Waals surface area contributed by atoms with Gasteiger partial charge in [-0.3, -0.25) is 4.68 Å². The summed E-state index contributed by atoms with van der Waals surface area (Å²) in [6.45, 7) is 0. The number of hydrogen-bond donors (Lipinski definition) is 0. The molecule has 0 bridgehead atoms. The predicted octanol–water partition coefficient (Wildman–Crippen LogP) is 4.28. The van der Waals surface area contributed by atoms with Crippen molar-refractivity contribution in [2.75, 3.05) is 0 Å². The first kappa shape index (κ1) is 17.3. The van der Waals surface area contributed by atoms with E-state index in [4.69, 9.17) is 0 Å². The zero-order valence-electron chi connectivity index (χ0n) is 12.1. The molecule has 5 heteroatoms. The van der Waals surface area contributed by atoms with Crippen molar-refractivity contribution in [1.29, 1.82) is 0 Å². The van der Waals surface area contributed by atoms with Crippen molar-refractivity contribution in [2.45, 2.75) is 0 Å². The summed E-state index contributed by atoms with van der Waals surface area (Å²) in [7, 11) is 0. The Bertz CT molecular complexity index is 700. The Morgan fingerprint density at radius 1 is 0.913 bits per heavy atom. The topological polar surface area (TPSA) is 30.7 Å². The van der Waals surface area contributed by atoms with Crippen molar-refractivity contribution in [1.82, 2.24) is 14.2 Å². The Labute approximate surface area is 153 Å². The molecule has 0 unspecified atom stereocenters. The SMILES string of the molecule is [Ir].[c-]1ccccc1-c1ccsn1.[c-]1ccccc1-n1cccn1. The summed E-state index contributed by atoms with van der Waals surface area (Å²) >= 11 is 1.46. The summed E-state index contributed by atoms with van der Waals surface area (Å²) in [5.41, 5.74) is 3.04. The van der Waals surface area contributed by atoms with Gasteiger partial charge in [-0.05, 0) is 11.8 Å². The van der Waals surface area contributed by atoms with Gasteiger partial charge in [0.15, 0.2) is 0 Å². The predicted molar refractivity (Wildman–Crippen MR) is 88.8 cm³/mol. The summed E-state index contributed by atoms with van der Waals surface area (Å²) in [5.74, 6) is 0. The summed E-state index contributed by atoms with van der Waals surface area (Å²) in [4.78, 5) is 0. The van der Waals surface area contributed by atoms with Gasteiger partial charge in [0, 0.05) is 43.6 Å². The summed E-state index contributed by atoms with van der Waals surface area (Å²) in [5, 5.41) is 6.04. The largest absolute Gasteiger partial charge is 0.266 e. The van der Waals surface area contributed by atoms with Crippen LogP contribution in [0, 0.1) is 12.1 Å². The van der Waals surface area contributed by atoms with Crippen molar-refractivity contribution >= 4 is 11.5 Å². The molecule has 4 aromatic rings. The number of benzene rings is 2. The first-order valence-electron chi connectivity index (χ1n) is 6.78. The molecule has 0 aliphatic heterocycles. The van der Waals surface area contributed by atoms with Gasteiger partial charge < -0.3 is 0 Å². The maximum atomic E-state index is 4.20. The minimum atomic E-state index is 0. The van der Waals surface area contributed by atoms with E-state index in [0.717, 1.165) is 16.9 Å². The molecular formula is C18H13IrN3S-2. The van der Waals surface area contributed by atoms with E-state index in [1.54, 1.807) is 10.9 Å². The normalized spacial score (nSPS) is 9.39. The van der Waals surface area contributed by atoms with Crippen molar-refractivity contribution < 1.29 is 20.1 Å².